The molecule has 8 heteroatoms. The molecular weight excluding hydrogens is 344 g/mol. The molecule has 0 aromatic heterocycles. The Bertz CT molecular complexity index is 730. The Kier molecular flexibility index (Phi) is 5.97. The van der Waals surface area contributed by atoms with E-state index in [9.17, 15) is 22.4 Å². The van der Waals surface area contributed by atoms with Crippen molar-refractivity contribution in [3.05, 3.63) is 65.5 Å². The lowest BCUT2D eigenvalue weighted by Gasteiger charge is -2.05. The molecular formula is C16H12F4N2OS. The minimum atomic E-state index is -4.40. The highest BCUT2D eigenvalue weighted by molar-refractivity contribution is 8.00. The maximum absolute atomic E-state index is 13.4. The Morgan fingerprint density at radius 1 is 1.12 bits per heavy atom. The molecule has 0 aliphatic carbocycles. The topological polar surface area (TPSA) is 41.5 Å². The average Bonchev–Trinajstić information content (AvgIpc) is 2.54. The first-order valence-corrected chi connectivity index (χ1v) is 7.71. The number of carbonyl (C=O) groups is 1. The van der Waals surface area contributed by atoms with Crippen molar-refractivity contribution in [2.24, 2.45) is 5.10 Å². The van der Waals surface area contributed by atoms with E-state index in [1.165, 1.54) is 24.4 Å². The van der Waals surface area contributed by atoms with Gasteiger partial charge in [0.05, 0.1) is 17.5 Å². The van der Waals surface area contributed by atoms with Crippen LogP contribution in [0.4, 0.5) is 17.6 Å². The normalized spacial score (nSPS) is 11.7. The predicted molar refractivity (Wildman–Crippen MR) is 84.3 cm³/mol. The standard InChI is InChI=1S/C16H12F4N2OS/c17-13-3-1-2-4-14(13)24-10-15(23)22-21-9-11-5-7-12(8-6-11)16(18,19)20/h1-9H,10H2,(H,22,23)/b21-9-. The molecule has 1 N–H and O–H groups in total. The van der Waals surface area contributed by atoms with Crippen LogP contribution in [0.1, 0.15) is 11.1 Å². The Morgan fingerprint density at radius 2 is 1.79 bits per heavy atom. The van der Waals surface area contributed by atoms with Crippen LogP contribution >= 0.6 is 11.8 Å². The van der Waals surface area contributed by atoms with Crippen LogP contribution in [0.5, 0.6) is 0 Å². The lowest BCUT2D eigenvalue weighted by molar-refractivity contribution is -0.137. The SMILES string of the molecule is O=C(CSc1ccccc1F)N/N=C\c1ccc(C(F)(F)F)cc1. The zero-order chi connectivity index (χ0) is 17.6. The summed E-state index contributed by atoms with van der Waals surface area (Å²) in [7, 11) is 0. The number of hydrogen-bond donors (Lipinski definition) is 1. The molecule has 3 nitrogen and oxygen atoms in total. The van der Waals surface area contributed by atoms with Gasteiger partial charge in [-0.1, -0.05) is 24.3 Å². The molecule has 2 aromatic carbocycles. The van der Waals surface area contributed by atoms with Crippen molar-refractivity contribution in [1.82, 2.24) is 5.43 Å². The number of nitrogens with zero attached hydrogens (tertiary/aromatic N) is 1. The minimum Gasteiger partial charge on any atom is -0.272 e. The van der Waals surface area contributed by atoms with Gasteiger partial charge in [-0.15, -0.1) is 11.8 Å². The van der Waals surface area contributed by atoms with Crippen LogP contribution in [0.15, 0.2) is 58.5 Å². The van der Waals surface area contributed by atoms with Crippen molar-refractivity contribution in [2.75, 3.05) is 5.75 Å². The molecule has 0 bridgehead atoms. The summed E-state index contributed by atoms with van der Waals surface area (Å²) < 4.78 is 50.6. The number of amides is 1. The van der Waals surface area contributed by atoms with Crippen molar-refractivity contribution < 1.29 is 22.4 Å². The van der Waals surface area contributed by atoms with E-state index in [0.717, 1.165) is 23.9 Å². The molecule has 0 unspecified atom stereocenters. The van der Waals surface area contributed by atoms with Crippen LogP contribution in [0.2, 0.25) is 0 Å². The molecule has 0 saturated carbocycles. The fourth-order valence-corrected chi connectivity index (χ4v) is 2.41. The van der Waals surface area contributed by atoms with Crippen LogP contribution < -0.4 is 5.43 Å². The van der Waals surface area contributed by atoms with Gasteiger partial charge in [0.1, 0.15) is 5.82 Å². The zero-order valence-electron chi connectivity index (χ0n) is 12.2. The first-order valence-electron chi connectivity index (χ1n) is 6.73. The molecule has 0 spiro atoms. The van der Waals surface area contributed by atoms with E-state index in [1.54, 1.807) is 18.2 Å². The summed E-state index contributed by atoms with van der Waals surface area (Å²) in [6.45, 7) is 0. The van der Waals surface area contributed by atoms with E-state index >= 15 is 0 Å². The predicted octanol–water partition coefficient (Wildman–Crippen LogP) is 4.09. The van der Waals surface area contributed by atoms with Crippen molar-refractivity contribution in [3.63, 3.8) is 0 Å². The highest BCUT2D eigenvalue weighted by atomic mass is 32.2. The van der Waals surface area contributed by atoms with Gasteiger partial charge in [0, 0.05) is 4.90 Å². The quantitative estimate of drug-likeness (QED) is 0.379. The third-order valence-electron chi connectivity index (χ3n) is 2.84. The van der Waals surface area contributed by atoms with Gasteiger partial charge in [0.25, 0.3) is 0 Å². The van der Waals surface area contributed by atoms with Crippen LogP contribution in [-0.4, -0.2) is 17.9 Å². The van der Waals surface area contributed by atoms with Crippen LogP contribution in [0.3, 0.4) is 0 Å². The Balaban J connectivity index is 1.83. The van der Waals surface area contributed by atoms with E-state index < -0.39 is 23.5 Å². The Hall–Kier alpha value is -2.35. The highest BCUT2D eigenvalue weighted by Crippen LogP contribution is 2.28. The average molecular weight is 356 g/mol. The lowest BCUT2D eigenvalue weighted by Crippen LogP contribution is -2.19. The summed E-state index contributed by atoms with van der Waals surface area (Å²) in [4.78, 5) is 11.9. The summed E-state index contributed by atoms with van der Waals surface area (Å²) in [5, 5.41) is 3.66. The molecule has 24 heavy (non-hydrogen) atoms. The van der Waals surface area contributed by atoms with Crippen molar-refractivity contribution >= 4 is 23.9 Å². The van der Waals surface area contributed by atoms with Gasteiger partial charge < -0.3 is 0 Å². The largest absolute Gasteiger partial charge is 0.416 e. The molecule has 0 heterocycles. The number of nitrogens with one attached hydrogen (secondary N) is 1. The third kappa shape index (κ3) is 5.38. The summed E-state index contributed by atoms with van der Waals surface area (Å²) in [6.07, 6.45) is -3.17. The molecule has 0 saturated heterocycles. The van der Waals surface area contributed by atoms with Gasteiger partial charge in [-0.05, 0) is 29.8 Å². The molecule has 0 radical (unpaired) electrons. The second-order valence-corrected chi connectivity index (χ2v) is 5.65. The van der Waals surface area contributed by atoms with E-state index in [4.69, 9.17) is 0 Å². The third-order valence-corrected chi connectivity index (χ3v) is 3.88. The highest BCUT2D eigenvalue weighted by Gasteiger charge is 2.29. The number of alkyl halides is 3. The number of thioether (sulfide) groups is 1. The number of hydrogen-bond acceptors (Lipinski definition) is 3. The number of carbonyl (C=O) groups excluding carboxylic acids is 1. The van der Waals surface area contributed by atoms with Gasteiger partial charge in [-0.3, -0.25) is 4.79 Å². The summed E-state index contributed by atoms with van der Waals surface area (Å²) >= 11 is 1.02. The van der Waals surface area contributed by atoms with Crippen molar-refractivity contribution in [1.29, 1.82) is 0 Å². The molecule has 2 aromatic rings. The fourth-order valence-electron chi connectivity index (χ4n) is 1.67. The van der Waals surface area contributed by atoms with Gasteiger partial charge in [0.2, 0.25) is 5.91 Å². The second kappa shape index (κ2) is 7.96. The van der Waals surface area contributed by atoms with E-state index in [0.29, 0.717) is 10.5 Å². The Labute approximate surface area is 139 Å². The molecule has 0 aliphatic heterocycles. The van der Waals surface area contributed by atoms with Crippen molar-refractivity contribution in [2.45, 2.75) is 11.1 Å². The molecule has 0 fully saturated rings. The van der Waals surface area contributed by atoms with E-state index in [2.05, 4.69) is 10.5 Å². The van der Waals surface area contributed by atoms with Crippen LogP contribution in [0.25, 0.3) is 0 Å². The smallest absolute Gasteiger partial charge is 0.272 e. The van der Waals surface area contributed by atoms with Crippen LogP contribution in [0, 0.1) is 5.82 Å². The molecule has 0 aliphatic rings. The number of benzene rings is 2. The maximum Gasteiger partial charge on any atom is 0.416 e. The van der Waals surface area contributed by atoms with Gasteiger partial charge in [-0.2, -0.15) is 18.3 Å². The van der Waals surface area contributed by atoms with Crippen LogP contribution in [-0.2, 0) is 11.0 Å². The summed E-state index contributed by atoms with van der Waals surface area (Å²) in [5.41, 5.74) is 1.88. The van der Waals surface area contributed by atoms with Gasteiger partial charge >= 0.3 is 6.18 Å². The second-order valence-electron chi connectivity index (χ2n) is 4.63. The van der Waals surface area contributed by atoms with Gasteiger partial charge in [-0.25, -0.2) is 9.82 Å². The maximum atomic E-state index is 13.4. The summed E-state index contributed by atoms with van der Waals surface area (Å²) in [6, 6.07) is 10.4. The number of halogens is 4. The molecule has 0 atom stereocenters. The fraction of sp³-hybridized carbons (Fsp3) is 0.125. The first-order chi connectivity index (χ1) is 11.4. The molecule has 126 valence electrons. The minimum absolute atomic E-state index is 0.0364. The van der Waals surface area contributed by atoms with Crippen molar-refractivity contribution in [3.8, 4) is 0 Å². The number of hydrazone groups is 1. The molecule has 1 amide bonds. The first kappa shape index (κ1) is 18.0. The lowest BCUT2D eigenvalue weighted by atomic mass is 10.1. The van der Waals surface area contributed by atoms with E-state index in [1.807, 2.05) is 0 Å². The summed E-state index contributed by atoms with van der Waals surface area (Å²) in [5.74, 6) is -0.902. The monoisotopic (exact) mass is 356 g/mol. The zero-order valence-corrected chi connectivity index (χ0v) is 13.0. The molecule has 2 rings (SSSR count). The number of rotatable bonds is 5. The Morgan fingerprint density at radius 3 is 2.42 bits per heavy atom. The van der Waals surface area contributed by atoms with Gasteiger partial charge in [0.15, 0.2) is 0 Å². The van der Waals surface area contributed by atoms with E-state index in [-0.39, 0.29) is 5.75 Å².